The summed E-state index contributed by atoms with van der Waals surface area (Å²) in [7, 11) is 0. The fourth-order valence-corrected chi connectivity index (χ4v) is 2.62. The Morgan fingerprint density at radius 1 is 1.18 bits per heavy atom. The maximum absolute atomic E-state index is 12.1. The van der Waals surface area contributed by atoms with Gasteiger partial charge in [-0.25, -0.2) is 0 Å². The molecule has 1 heterocycles. The van der Waals surface area contributed by atoms with Crippen molar-refractivity contribution < 1.29 is 18.3 Å². The molecule has 28 heavy (non-hydrogen) atoms. The molecule has 5 nitrogen and oxygen atoms in total. The van der Waals surface area contributed by atoms with Crippen molar-refractivity contribution in [1.82, 2.24) is 9.78 Å². The third kappa shape index (κ3) is 5.65. The first-order valence-electron chi connectivity index (χ1n) is 8.30. The van der Waals surface area contributed by atoms with Crippen LogP contribution in [0, 0.1) is 0 Å². The second-order valence-electron chi connectivity index (χ2n) is 5.78. The lowest BCUT2D eigenvalue weighted by Gasteiger charge is -2.03. The van der Waals surface area contributed by atoms with Crippen molar-refractivity contribution in [2.75, 3.05) is 5.32 Å². The first kappa shape index (κ1) is 19.6. The van der Waals surface area contributed by atoms with Gasteiger partial charge in [-0.05, 0) is 29.3 Å². The van der Waals surface area contributed by atoms with Crippen LogP contribution in [-0.4, -0.2) is 22.3 Å². The number of hydrogen-bond donors (Lipinski definition) is 1. The standard InChI is InChI=1S/C20H16ClF2N3O2/c21-17-13-26(12-15-4-2-1-3-5-15)25-19(17)24-18(27)11-8-14-6-9-16(10-7-14)28-20(22)23/h1-11,13,20H,12H2,(H,24,25,27)/b11-8-. The smallest absolute Gasteiger partial charge is 0.387 e. The number of nitrogens with zero attached hydrogens (tertiary/aromatic N) is 2. The third-order valence-corrected chi connectivity index (χ3v) is 3.96. The molecule has 0 saturated carbocycles. The van der Waals surface area contributed by atoms with Crippen molar-refractivity contribution in [2.45, 2.75) is 13.2 Å². The summed E-state index contributed by atoms with van der Waals surface area (Å²) in [5, 5.41) is 7.21. The third-order valence-electron chi connectivity index (χ3n) is 3.68. The Morgan fingerprint density at radius 3 is 2.57 bits per heavy atom. The van der Waals surface area contributed by atoms with Gasteiger partial charge in [-0.15, -0.1) is 0 Å². The second-order valence-corrected chi connectivity index (χ2v) is 6.19. The van der Waals surface area contributed by atoms with E-state index in [0.717, 1.165) is 5.56 Å². The zero-order chi connectivity index (χ0) is 19.9. The summed E-state index contributed by atoms with van der Waals surface area (Å²) in [6, 6.07) is 15.6. The van der Waals surface area contributed by atoms with Crippen LogP contribution >= 0.6 is 11.6 Å². The molecular weight excluding hydrogens is 388 g/mol. The molecule has 0 atom stereocenters. The molecule has 1 aromatic heterocycles. The fourth-order valence-electron chi connectivity index (χ4n) is 2.42. The number of halogens is 3. The predicted octanol–water partition coefficient (Wildman–Crippen LogP) is 4.84. The topological polar surface area (TPSA) is 56.1 Å². The first-order chi connectivity index (χ1) is 13.5. The van der Waals surface area contributed by atoms with Gasteiger partial charge in [0.2, 0.25) is 5.91 Å². The van der Waals surface area contributed by atoms with Crippen LogP contribution in [0.15, 0.2) is 66.9 Å². The van der Waals surface area contributed by atoms with Crippen LogP contribution in [0.4, 0.5) is 14.6 Å². The highest BCUT2D eigenvalue weighted by molar-refractivity contribution is 6.33. The highest BCUT2D eigenvalue weighted by atomic mass is 35.5. The van der Waals surface area contributed by atoms with E-state index in [2.05, 4.69) is 15.2 Å². The SMILES string of the molecule is O=C(/C=C\c1ccc(OC(F)F)cc1)Nc1nn(Cc2ccccc2)cc1Cl. The highest BCUT2D eigenvalue weighted by Gasteiger charge is 2.09. The molecule has 3 rings (SSSR count). The molecule has 0 aliphatic carbocycles. The summed E-state index contributed by atoms with van der Waals surface area (Å²) in [4.78, 5) is 12.1. The number of alkyl halides is 2. The van der Waals surface area contributed by atoms with Crippen molar-refractivity contribution in [3.05, 3.63) is 83.0 Å². The van der Waals surface area contributed by atoms with Crippen LogP contribution in [-0.2, 0) is 11.3 Å². The quantitative estimate of drug-likeness (QED) is 0.574. The molecule has 1 amide bonds. The van der Waals surface area contributed by atoms with Crippen LogP contribution in [0.2, 0.25) is 5.02 Å². The number of carbonyl (C=O) groups is 1. The number of anilines is 1. The minimum Gasteiger partial charge on any atom is -0.435 e. The van der Waals surface area contributed by atoms with Crippen molar-refractivity contribution >= 4 is 29.4 Å². The molecule has 0 unspecified atom stereocenters. The Morgan fingerprint density at radius 2 is 1.89 bits per heavy atom. The van der Waals surface area contributed by atoms with E-state index in [0.29, 0.717) is 17.1 Å². The molecule has 3 aromatic rings. The minimum absolute atomic E-state index is 0.0485. The zero-order valence-electron chi connectivity index (χ0n) is 14.6. The number of carbonyl (C=O) groups excluding carboxylic acids is 1. The van der Waals surface area contributed by atoms with Gasteiger partial charge in [-0.1, -0.05) is 54.1 Å². The number of nitrogens with one attached hydrogen (secondary N) is 1. The zero-order valence-corrected chi connectivity index (χ0v) is 15.3. The molecule has 0 fully saturated rings. The van der Waals surface area contributed by atoms with Gasteiger partial charge in [-0.2, -0.15) is 13.9 Å². The van der Waals surface area contributed by atoms with E-state index in [1.807, 2.05) is 30.3 Å². The Labute approximate surface area is 165 Å². The highest BCUT2D eigenvalue weighted by Crippen LogP contribution is 2.20. The van der Waals surface area contributed by atoms with Crippen molar-refractivity contribution in [1.29, 1.82) is 0 Å². The summed E-state index contributed by atoms with van der Waals surface area (Å²) >= 11 is 6.13. The van der Waals surface area contributed by atoms with E-state index in [-0.39, 0.29) is 11.6 Å². The fraction of sp³-hybridized carbons (Fsp3) is 0.100. The van der Waals surface area contributed by atoms with E-state index < -0.39 is 12.5 Å². The monoisotopic (exact) mass is 403 g/mol. The molecule has 1 N–H and O–H groups in total. The number of rotatable bonds is 7. The Hall–Kier alpha value is -3.19. The maximum Gasteiger partial charge on any atom is 0.387 e. The molecule has 144 valence electrons. The van der Waals surface area contributed by atoms with Crippen LogP contribution < -0.4 is 10.1 Å². The molecule has 0 radical (unpaired) electrons. The molecule has 0 aliphatic heterocycles. The normalized spacial score (nSPS) is 11.1. The number of hydrogen-bond acceptors (Lipinski definition) is 3. The second kappa shape index (κ2) is 9.14. The van der Waals surface area contributed by atoms with Crippen molar-refractivity contribution in [3.63, 3.8) is 0 Å². The van der Waals surface area contributed by atoms with Gasteiger partial charge in [0.15, 0.2) is 5.82 Å². The lowest BCUT2D eigenvalue weighted by Crippen LogP contribution is -2.09. The van der Waals surface area contributed by atoms with Crippen LogP contribution in [0.3, 0.4) is 0 Å². The van der Waals surface area contributed by atoms with E-state index in [1.165, 1.54) is 24.3 Å². The van der Waals surface area contributed by atoms with Gasteiger partial charge >= 0.3 is 6.61 Å². The summed E-state index contributed by atoms with van der Waals surface area (Å²) in [6.45, 7) is -2.35. The Kier molecular flexibility index (Phi) is 6.39. The number of amides is 1. The number of aromatic nitrogens is 2. The largest absolute Gasteiger partial charge is 0.435 e. The molecule has 0 aliphatic rings. The van der Waals surface area contributed by atoms with Crippen LogP contribution in [0.1, 0.15) is 11.1 Å². The molecule has 0 bridgehead atoms. The van der Waals surface area contributed by atoms with Gasteiger partial charge in [0.05, 0.1) is 6.54 Å². The van der Waals surface area contributed by atoms with Crippen molar-refractivity contribution in [2.24, 2.45) is 0 Å². The predicted molar refractivity (Wildman–Crippen MR) is 104 cm³/mol. The van der Waals surface area contributed by atoms with Gasteiger partial charge in [0, 0.05) is 12.3 Å². The Balaban J connectivity index is 1.59. The van der Waals surface area contributed by atoms with Crippen LogP contribution in [0.25, 0.3) is 6.08 Å². The maximum atomic E-state index is 12.1. The van der Waals surface area contributed by atoms with E-state index in [1.54, 1.807) is 23.0 Å². The summed E-state index contributed by atoms with van der Waals surface area (Å²) in [6.07, 6.45) is 4.47. The Bertz CT molecular complexity index is 957. The van der Waals surface area contributed by atoms with Crippen molar-refractivity contribution in [3.8, 4) is 5.75 Å². The van der Waals surface area contributed by atoms with Gasteiger partial charge in [0.25, 0.3) is 0 Å². The van der Waals surface area contributed by atoms with E-state index in [9.17, 15) is 13.6 Å². The molecule has 8 heteroatoms. The molecule has 2 aromatic carbocycles. The average molecular weight is 404 g/mol. The van der Waals surface area contributed by atoms with E-state index >= 15 is 0 Å². The van der Waals surface area contributed by atoms with Gasteiger partial charge in [-0.3, -0.25) is 9.48 Å². The van der Waals surface area contributed by atoms with E-state index in [4.69, 9.17) is 11.6 Å². The molecule has 0 spiro atoms. The van der Waals surface area contributed by atoms with Gasteiger partial charge in [0.1, 0.15) is 10.8 Å². The summed E-state index contributed by atoms with van der Waals surface area (Å²) in [5.74, 6) is -0.111. The number of benzene rings is 2. The summed E-state index contributed by atoms with van der Waals surface area (Å²) < 4.78 is 30.2. The van der Waals surface area contributed by atoms with Crippen LogP contribution in [0.5, 0.6) is 5.75 Å². The molecular formula is C20H16ClF2N3O2. The average Bonchev–Trinajstić information content (AvgIpc) is 3.00. The first-order valence-corrected chi connectivity index (χ1v) is 8.68. The summed E-state index contributed by atoms with van der Waals surface area (Å²) in [5.41, 5.74) is 1.70. The minimum atomic E-state index is -2.88. The lowest BCUT2D eigenvalue weighted by atomic mass is 10.2. The lowest BCUT2D eigenvalue weighted by molar-refractivity contribution is -0.111. The van der Waals surface area contributed by atoms with Gasteiger partial charge < -0.3 is 10.1 Å². The molecule has 0 saturated heterocycles. The number of ether oxygens (including phenoxy) is 1.